The molecule has 0 fully saturated rings. The molecular weight excluding hydrogens is 448 g/mol. The summed E-state index contributed by atoms with van der Waals surface area (Å²) in [4.78, 5) is 26.1. The van der Waals surface area contributed by atoms with Crippen LogP contribution in [0.25, 0.3) is 21.5 Å². The Bertz CT molecular complexity index is 1500. The lowest BCUT2D eigenvalue weighted by Gasteiger charge is -2.18. The normalized spacial score (nSPS) is 11.8. The number of hydrogen-bond acceptors (Lipinski definition) is 4. The van der Waals surface area contributed by atoms with E-state index in [1.807, 2.05) is 115 Å². The SMILES string of the molecule is O=C(Cc1cccc2ccccc12)O[C@H](Cc1ccc2ccccc2c1)C(=O)OCc1ccccc1. The zero-order valence-electron chi connectivity index (χ0n) is 19.8. The van der Waals surface area contributed by atoms with Gasteiger partial charge in [-0.2, -0.15) is 0 Å². The van der Waals surface area contributed by atoms with E-state index in [2.05, 4.69) is 0 Å². The third-order valence-corrected chi connectivity index (χ3v) is 6.21. The Balaban J connectivity index is 1.35. The van der Waals surface area contributed by atoms with E-state index in [1.165, 1.54) is 0 Å². The molecule has 36 heavy (non-hydrogen) atoms. The number of benzene rings is 5. The van der Waals surface area contributed by atoms with Gasteiger partial charge in [-0.3, -0.25) is 4.79 Å². The molecule has 0 heterocycles. The summed E-state index contributed by atoms with van der Waals surface area (Å²) < 4.78 is 11.3. The van der Waals surface area contributed by atoms with Crippen LogP contribution in [0.5, 0.6) is 0 Å². The number of carbonyl (C=O) groups is 2. The average Bonchev–Trinajstić information content (AvgIpc) is 2.92. The van der Waals surface area contributed by atoms with Crippen LogP contribution in [-0.2, 0) is 38.5 Å². The second kappa shape index (κ2) is 10.9. The fourth-order valence-electron chi connectivity index (χ4n) is 4.38. The lowest BCUT2D eigenvalue weighted by Crippen LogP contribution is -2.32. The van der Waals surface area contributed by atoms with Gasteiger partial charge in [-0.15, -0.1) is 0 Å². The van der Waals surface area contributed by atoms with Crippen molar-refractivity contribution >= 4 is 33.5 Å². The van der Waals surface area contributed by atoms with Gasteiger partial charge in [-0.25, -0.2) is 4.79 Å². The molecule has 0 radical (unpaired) electrons. The molecular formula is C32H26O4. The van der Waals surface area contributed by atoms with Crippen LogP contribution in [0, 0.1) is 0 Å². The van der Waals surface area contributed by atoms with Crippen molar-refractivity contribution in [3.63, 3.8) is 0 Å². The van der Waals surface area contributed by atoms with Crippen LogP contribution in [0.3, 0.4) is 0 Å². The summed E-state index contributed by atoms with van der Waals surface area (Å²) in [7, 11) is 0. The maximum Gasteiger partial charge on any atom is 0.348 e. The van der Waals surface area contributed by atoms with E-state index in [-0.39, 0.29) is 19.4 Å². The van der Waals surface area contributed by atoms with Gasteiger partial charge in [0.25, 0.3) is 0 Å². The fourth-order valence-corrected chi connectivity index (χ4v) is 4.38. The molecule has 0 amide bonds. The largest absolute Gasteiger partial charge is 0.458 e. The Morgan fingerprint density at radius 1 is 0.639 bits per heavy atom. The molecule has 0 spiro atoms. The first-order valence-corrected chi connectivity index (χ1v) is 12.0. The van der Waals surface area contributed by atoms with Crippen LogP contribution in [0.15, 0.2) is 115 Å². The predicted molar refractivity (Wildman–Crippen MR) is 141 cm³/mol. The Labute approximate surface area is 210 Å². The first-order valence-electron chi connectivity index (χ1n) is 12.0. The van der Waals surface area contributed by atoms with Gasteiger partial charge in [0.2, 0.25) is 6.10 Å². The number of carbonyl (C=O) groups excluding carboxylic acids is 2. The number of esters is 2. The Kier molecular flexibility index (Phi) is 7.04. The highest BCUT2D eigenvalue weighted by molar-refractivity contribution is 5.90. The molecule has 0 aliphatic rings. The van der Waals surface area contributed by atoms with E-state index >= 15 is 0 Å². The molecule has 0 N–H and O–H groups in total. The molecule has 0 aromatic heterocycles. The second-order valence-corrected chi connectivity index (χ2v) is 8.77. The van der Waals surface area contributed by atoms with Crippen LogP contribution in [0.4, 0.5) is 0 Å². The van der Waals surface area contributed by atoms with Gasteiger partial charge < -0.3 is 9.47 Å². The first kappa shape index (κ1) is 23.3. The lowest BCUT2D eigenvalue weighted by molar-refractivity contribution is -0.168. The maximum absolute atomic E-state index is 13.1. The van der Waals surface area contributed by atoms with Crippen LogP contribution < -0.4 is 0 Å². The van der Waals surface area contributed by atoms with Crippen LogP contribution >= 0.6 is 0 Å². The van der Waals surface area contributed by atoms with Crippen molar-refractivity contribution in [2.45, 2.75) is 25.6 Å². The molecule has 5 aromatic rings. The standard InChI is InChI=1S/C32H26O4/c33-31(21-28-15-8-14-26-12-6-7-16-29(26)28)36-30(32(34)35-22-23-9-2-1-3-10-23)20-24-17-18-25-11-4-5-13-27(25)19-24/h1-19,30H,20-22H2/t30-/m1/s1. The van der Waals surface area contributed by atoms with Crippen LogP contribution in [-0.4, -0.2) is 18.0 Å². The van der Waals surface area contributed by atoms with E-state index in [9.17, 15) is 9.59 Å². The molecule has 0 aliphatic carbocycles. The van der Waals surface area contributed by atoms with Crippen molar-refractivity contribution < 1.29 is 19.1 Å². The zero-order chi connectivity index (χ0) is 24.7. The second-order valence-electron chi connectivity index (χ2n) is 8.77. The lowest BCUT2D eigenvalue weighted by atomic mass is 10.0. The van der Waals surface area contributed by atoms with Crippen molar-refractivity contribution in [1.82, 2.24) is 0 Å². The highest BCUT2D eigenvalue weighted by Crippen LogP contribution is 2.21. The maximum atomic E-state index is 13.1. The van der Waals surface area contributed by atoms with E-state index in [0.717, 1.165) is 38.2 Å². The Hall–Kier alpha value is -4.44. The quantitative estimate of drug-likeness (QED) is 0.243. The first-order chi connectivity index (χ1) is 17.7. The third kappa shape index (κ3) is 5.61. The highest BCUT2D eigenvalue weighted by atomic mass is 16.6. The molecule has 0 saturated heterocycles. The van der Waals surface area contributed by atoms with E-state index in [4.69, 9.17) is 9.47 Å². The summed E-state index contributed by atoms with van der Waals surface area (Å²) in [6, 6.07) is 37.2. The molecule has 5 rings (SSSR count). The monoisotopic (exact) mass is 474 g/mol. The summed E-state index contributed by atoms with van der Waals surface area (Å²) in [6.07, 6.45) is -0.737. The smallest absolute Gasteiger partial charge is 0.348 e. The molecule has 0 bridgehead atoms. The van der Waals surface area contributed by atoms with Gasteiger partial charge in [0.1, 0.15) is 6.61 Å². The van der Waals surface area contributed by atoms with Gasteiger partial charge in [-0.1, -0.05) is 115 Å². The van der Waals surface area contributed by atoms with Crippen LogP contribution in [0.1, 0.15) is 16.7 Å². The Morgan fingerprint density at radius 3 is 2.17 bits per heavy atom. The number of hydrogen-bond donors (Lipinski definition) is 0. The minimum Gasteiger partial charge on any atom is -0.458 e. The minimum absolute atomic E-state index is 0.0710. The fraction of sp³-hybridized carbons (Fsp3) is 0.125. The highest BCUT2D eigenvalue weighted by Gasteiger charge is 2.26. The number of fused-ring (bicyclic) bond motifs is 2. The summed E-state index contributed by atoms with van der Waals surface area (Å²) in [5.41, 5.74) is 2.63. The van der Waals surface area contributed by atoms with Gasteiger partial charge in [-0.05, 0) is 38.2 Å². The molecule has 0 saturated carbocycles. The molecule has 0 aliphatic heterocycles. The third-order valence-electron chi connectivity index (χ3n) is 6.21. The van der Waals surface area contributed by atoms with Crippen molar-refractivity contribution in [2.75, 3.05) is 0 Å². The van der Waals surface area contributed by atoms with Crippen molar-refractivity contribution in [1.29, 1.82) is 0 Å². The molecule has 0 unspecified atom stereocenters. The van der Waals surface area contributed by atoms with Crippen molar-refractivity contribution in [3.8, 4) is 0 Å². The summed E-state index contributed by atoms with van der Waals surface area (Å²) >= 11 is 0. The van der Waals surface area contributed by atoms with Crippen LogP contribution in [0.2, 0.25) is 0 Å². The van der Waals surface area contributed by atoms with Gasteiger partial charge in [0.05, 0.1) is 6.42 Å². The minimum atomic E-state index is -1.04. The van der Waals surface area contributed by atoms with Gasteiger partial charge >= 0.3 is 11.9 Å². The molecule has 178 valence electrons. The van der Waals surface area contributed by atoms with E-state index in [0.29, 0.717) is 0 Å². The molecule has 5 aromatic carbocycles. The predicted octanol–water partition coefficient (Wildman–Crippen LogP) is 6.43. The molecule has 4 nitrogen and oxygen atoms in total. The molecule has 4 heteroatoms. The van der Waals surface area contributed by atoms with E-state index in [1.54, 1.807) is 0 Å². The summed E-state index contributed by atoms with van der Waals surface area (Å²) in [5.74, 6) is -1.02. The molecule has 1 atom stereocenters. The van der Waals surface area contributed by atoms with Crippen molar-refractivity contribution in [2.24, 2.45) is 0 Å². The van der Waals surface area contributed by atoms with Gasteiger partial charge in [0.15, 0.2) is 0 Å². The Morgan fingerprint density at radius 2 is 1.33 bits per heavy atom. The number of ether oxygens (including phenoxy) is 2. The topological polar surface area (TPSA) is 52.6 Å². The van der Waals surface area contributed by atoms with E-state index < -0.39 is 18.0 Å². The number of rotatable bonds is 8. The zero-order valence-corrected chi connectivity index (χ0v) is 19.8. The average molecular weight is 475 g/mol. The summed E-state index contributed by atoms with van der Waals surface area (Å²) in [6.45, 7) is 0.120. The van der Waals surface area contributed by atoms with Crippen molar-refractivity contribution in [3.05, 3.63) is 132 Å². The summed E-state index contributed by atoms with van der Waals surface area (Å²) in [5, 5.41) is 4.22. The van der Waals surface area contributed by atoms with Gasteiger partial charge in [0, 0.05) is 6.42 Å².